The first-order chi connectivity index (χ1) is 12.6. The lowest BCUT2D eigenvalue weighted by Crippen LogP contribution is -2.23. The van der Waals surface area contributed by atoms with E-state index in [9.17, 15) is 9.59 Å². The van der Waals surface area contributed by atoms with Gasteiger partial charge in [-0.15, -0.1) is 0 Å². The van der Waals surface area contributed by atoms with Gasteiger partial charge in [-0.05, 0) is 53.8 Å². The van der Waals surface area contributed by atoms with Crippen molar-refractivity contribution < 1.29 is 19.1 Å². The smallest absolute Gasteiger partial charge is 0.344 e. The van der Waals surface area contributed by atoms with E-state index in [2.05, 4.69) is 26.1 Å². The number of hydrogen-bond acceptors (Lipinski definition) is 4. The molecule has 5 nitrogen and oxygen atoms in total. The van der Waals surface area contributed by atoms with E-state index in [4.69, 9.17) is 21.1 Å². The first-order valence-corrected chi connectivity index (χ1v) is 8.98. The summed E-state index contributed by atoms with van der Waals surface area (Å²) in [5.74, 6) is -0.489. The van der Waals surface area contributed by atoms with Crippen molar-refractivity contribution in [3.63, 3.8) is 0 Å². The second-order valence-electron chi connectivity index (χ2n) is 7.23. The molecule has 0 saturated heterocycles. The van der Waals surface area contributed by atoms with Crippen LogP contribution in [0.15, 0.2) is 42.5 Å². The van der Waals surface area contributed by atoms with Crippen LogP contribution in [0.2, 0.25) is 5.02 Å². The highest BCUT2D eigenvalue weighted by molar-refractivity contribution is 6.30. The van der Waals surface area contributed by atoms with Gasteiger partial charge in [0.15, 0.2) is 13.2 Å². The van der Waals surface area contributed by atoms with Gasteiger partial charge in [0.1, 0.15) is 5.75 Å². The third-order valence-electron chi connectivity index (χ3n) is 3.88. The van der Waals surface area contributed by atoms with Crippen LogP contribution < -0.4 is 10.1 Å². The van der Waals surface area contributed by atoms with Crippen molar-refractivity contribution in [2.45, 2.75) is 33.1 Å². The molecule has 2 aromatic rings. The number of amides is 1. The monoisotopic (exact) mass is 389 g/mol. The third kappa shape index (κ3) is 6.61. The molecule has 0 atom stereocenters. The molecule has 6 heteroatoms. The average molecular weight is 390 g/mol. The van der Waals surface area contributed by atoms with E-state index < -0.39 is 11.9 Å². The second kappa shape index (κ2) is 8.91. The quantitative estimate of drug-likeness (QED) is 0.738. The van der Waals surface area contributed by atoms with Crippen LogP contribution in [0.5, 0.6) is 5.75 Å². The summed E-state index contributed by atoms with van der Waals surface area (Å²) in [7, 11) is 0. The second-order valence-corrected chi connectivity index (χ2v) is 7.67. The summed E-state index contributed by atoms with van der Waals surface area (Å²) < 4.78 is 10.3. The molecule has 0 spiro atoms. The Kier molecular flexibility index (Phi) is 6.86. The van der Waals surface area contributed by atoms with Gasteiger partial charge in [-0.2, -0.15) is 0 Å². The minimum Gasteiger partial charge on any atom is -0.482 e. The maximum Gasteiger partial charge on any atom is 0.344 e. The molecule has 0 saturated carbocycles. The topological polar surface area (TPSA) is 64.6 Å². The zero-order chi connectivity index (χ0) is 20.0. The number of nitrogens with one attached hydrogen (secondary N) is 1. The van der Waals surface area contributed by atoms with Gasteiger partial charge in [0, 0.05) is 10.7 Å². The number of hydrogen-bond donors (Lipinski definition) is 1. The molecule has 0 aliphatic carbocycles. The number of halogens is 1. The van der Waals surface area contributed by atoms with Gasteiger partial charge in [-0.25, -0.2) is 4.79 Å². The predicted molar refractivity (Wildman–Crippen MR) is 106 cm³/mol. The Hall–Kier alpha value is -2.53. The lowest BCUT2D eigenvalue weighted by atomic mass is 9.87. The number of carbonyl (C=O) groups excluding carboxylic acids is 2. The lowest BCUT2D eigenvalue weighted by molar-refractivity contribution is -0.149. The van der Waals surface area contributed by atoms with E-state index in [1.54, 1.807) is 18.2 Å². The summed E-state index contributed by atoms with van der Waals surface area (Å²) in [5.41, 5.74) is 2.67. The minimum atomic E-state index is -0.623. The van der Waals surface area contributed by atoms with Crippen LogP contribution in [0.4, 0.5) is 5.69 Å². The van der Waals surface area contributed by atoms with Crippen LogP contribution in [0.3, 0.4) is 0 Å². The van der Waals surface area contributed by atoms with E-state index in [1.165, 1.54) is 5.56 Å². The van der Waals surface area contributed by atoms with Crippen LogP contribution in [0.25, 0.3) is 0 Å². The highest BCUT2D eigenvalue weighted by Crippen LogP contribution is 2.23. The van der Waals surface area contributed by atoms with Gasteiger partial charge in [0.2, 0.25) is 0 Å². The van der Waals surface area contributed by atoms with Crippen molar-refractivity contribution in [1.82, 2.24) is 0 Å². The molecular formula is C21H24ClNO4. The Morgan fingerprint density at radius 2 is 1.70 bits per heavy atom. The summed E-state index contributed by atoms with van der Waals surface area (Å²) in [6.07, 6.45) is 0. The van der Waals surface area contributed by atoms with Crippen molar-refractivity contribution in [3.8, 4) is 5.75 Å². The van der Waals surface area contributed by atoms with Gasteiger partial charge >= 0.3 is 5.97 Å². The standard InChI is InChI=1S/C21H24ClNO4/c1-14-11-16(22)7-10-18(14)26-13-20(25)27-12-19(24)23-17-8-5-15(6-9-17)21(2,3)4/h5-11H,12-13H2,1-4H3,(H,23,24). The Labute approximate surface area is 164 Å². The Balaban J connectivity index is 1.77. The minimum absolute atomic E-state index is 0.0422. The molecule has 2 rings (SSSR count). The molecule has 0 bridgehead atoms. The summed E-state index contributed by atoms with van der Waals surface area (Å²) in [5, 5.41) is 3.29. The summed E-state index contributed by atoms with van der Waals surface area (Å²) in [4.78, 5) is 23.7. The summed E-state index contributed by atoms with van der Waals surface area (Å²) >= 11 is 5.87. The van der Waals surface area contributed by atoms with E-state index in [1.807, 2.05) is 31.2 Å². The van der Waals surface area contributed by atoms with Gasteiger partial charge in [0.05, 0.1) is 0 Å². The fourth-order valence-electron chi connectivity index (χ4n) is 2.35. The van der Waals surface area contributed by atoms with Gasteiger partial charge in [-0.3, -0.25) is 4.79 Å². The molecular weight excluding hydrogens is 366 g/mol. The number of carbonyl (C=O) groups is 2. The van der Waals surface area contributed by atoms with Crippen molar-refractivity contribution in [3.05, 3.63) is 58.6 Å². The van der Waals surface area contributed by atoms with Crippen molar-refractivity contribution in [2.75, 3.05) is 18.5 Å². The Morgan fingerprint density at radius 3 is 2.30 bits per heavy atom. The largest absolute Gasteiger partial charge is 0.482 e. The maximum absolute atomic E-state index is 11.9. The molecule has 0 aliphatic rings. The van der Waals surface area contributed by atoms with E-state index in [-0.39, 0.29) is 18.6 Å². The highest BCUT2D eigenvalue weighted by atomic mass is 35.5. The van der Waals surface area contributed by atoms with Crippen LogP contribution in [0, 0.1) is 6.92 Å². The molecule has 0 aromatic heterocycles. The normalized spacial score (nSPS) is 11.0. The first kappa shape index (κ1) is 20.8. The van der Waals surface area contributed by atoms with E-state index in [0.717, 1.165) is 5.56 Å². The summed E-state index contributed by atoms with van der Waals surface area (Å²) in [6, 6.07) is 12.7. The predicted octanol–water partition coefficient (Wildman–Crippen LogP) is 4.51. The van der Waals surface area contributed by atoms with Gasteiger partial charge < -0.3 is 14.8 Å². The molecule has 0 radical (unpaired) electrons. The SMILES string of the molecule is Cc1cc(Cl)ccc1OCC(=O)OCC(=O)Nc1ccc(C(C)(C)C)cc1. The third-order valence-corrected chi connectivity index (χ3v) is 4.12. The lowest BCUT2D eigenvalue weighted by Gasteiger charge is -2.19. The van der Waals surface area contributed by atoms with E-state index in [0.29, 0.717) is 16.5 Å². The van der Waals surface area contributed by atoms with Crippen LogP contribution in [0.1, 0.15) is 31.9 Å². The number of ether oxygens (including phenoxy) is 2. The van der Waals surface area contributed by atoms with Gasteiger partial charge in [0.25, 0.3) is 5.91 Å². The number of anilines is 1. The molecule has 27 heavy (non-hydrogen) atoms. The first-order valence-electron chi connectivity index (χ1n) is 8.60. The van der Waals surface area contributed by atoms with Crippen molar-refractivity contribution in [1.29, 1.82) is 0 Å². The highest BCUT2D eigenvalue weighted by Gasteiger charge is 2.14. The Morgan fingerprint density at radius 1 is 1.04 bits per heavy atom. The number of aryl methyl sites for hydroxylation is 1. The molecule has 2 aromatic carbocycles. The van der Waals surface area contributed by atoms with Gasteiger partial charge in [-0.1, -0.05) is 44.5 Å². The number of rotatable bonds is 6. The van der Waals surface area contributed by atoms with Crippen LogP contribution >= 0.6 is 11.6 Å². The fraction of sp³-hybridized carbons (Fsp3) is 0.333. The zero-order valence-corrected chi connectivity index (χ0v) is 16.7. The zero-order valence-electron chi connectivity index (χ0n) is 16.0. The summed E-state index contributed by atoms with van der Waals surface area (Å²) in [6.45, 7) is 7.53. The molecule has 144 valence electrons. The number of esters is 1. The maximum atomic E-state index is 11.9. The molecule has 0 heterocycles. The average Bonchev–Trinajstić information content (AvgIpc) is 2.59. The molecule has 0 aliphatic heterocycles. The van der Waals surface area contributed by atoms with Crippen LogP contribution in [-0.4, -0.2) is 25.1 Å². The Bertz CT molecular complexity index is 810. The molecule has 0 unspecified atom stereocenters. The van der Waals surface area contributed by atoms with Crippen molar-refractivity contribution in [2.24, 2.45) is 0 Å². The molecule has 0 fully saturated rings. The van der Waals surface area contributed by atoms with Crippen LogP contribution in [-0.2, 0) is 19.7 Å². The number of benzene rings is 2. The van der Waals surface area contributed by atoms with E-state index >= 15 is 0 Å². The molecule has 1 N–H and O–H groups in total. The van der Waals surface area contributed by atoms with Crippen molar-refractivity contribution >= 4 is 29.2 Å². The molecule has 1 amide bonds. The fourth-order valence-corrected chi connectivity index (χ4v) is 2.58.